The fourth-order valence-corrected chi connectivity index (χ4v) is 1.81. The highest BCUT2D eigenvalue weighted by atomic mass is 35.5. The Balaban J connectivity index is 2.53. The van der Waals surface area contributed by atoms with Crippen LogP contribution >= 0.6 is 11.6 Å². The van der Waals surface area contributed by atoms with Gasteiger partial charge in [0.1, 0.15) is 5.75 Å². The van der Waals surface area contributed by atoms with Crippen LogP contribution < -0.4 is 10.1 Å². The zero-order chi connectivity index (χ0) is 12.9. The van der Waals surface area contributed by atoms with E-state index in [-0.39, 0.29) is 5.54 Å². The average molecular weight is 256 g/mol. The normalized spacial score (nSPS) is 11.6. The summed E-state index contributed by atoms with van der Waals surface area (Å²) in [7, 11) is 0. The van der Waals surface area contributed by atoms with E-state index in [0.29, 0.717) is 11.6 Å². The summed E-state index contributed by atoms with van der Waals surface area (Å²) in [5, 5.41) is 4.15. The first-order chi connectivity index (χ1) is 7.92. The van der Waals surface area contributed by atoms with Crippen molar-refractivity contribution in [2.45, 2.75) is 39.7 Å². The van der Waals surface area contributed by atoms with Gasteiger partial charge in [0.25, 0.3) is 0 Å². The van der Waals surface area contributed by atoms with Crippen LogP contribution in [0.15, 0.2) is 18.2 Å². The van der Waals surface area contributed by atoms with Crippen molar-refractivity contribution in [3.05, 3.63) is 28.8 Å². The van der Waals surface area contributed by atoms with E-state index in [4.69, 9.17) is 16.3 Å². The summed E-state index contributed by atoms with van der Waals surface area (Å²) >= 11 is 6.13. The summed E-state index contributed by atoms with van der Waals surface area (Å²) in [4.78, 5) is 0. The van der Waals surface area contributed by atoms with Crippen molar-refractivity contribution in [1.29, 1.82) is 0 Å². The summed E-state index contributed by atoms with van der Waals surface area (Å²) < 4.78 is 5.40. The van der Waals surface area contributed by atoms with E-state index >= 15 is 0 Å². The molecule has 0 aliphatic heterocycles. The van der Waals surface area contributed by atoms with E-state index < -0.39 is 0 Å². The maximum absolute atomic E-state index is 6.13. The highest BCUT2D eigenvalue weighted by molar-refractivity contribution is 6.32. The van der Waals surface area contributed by atoms with E-state index in [1.807, 2.05) is 19.1 Å². The molecule has 0 radical (unpaired) electrons. The van der Waals surface area contributed by atoms with Gasteiger partial charge in [0, 0.05) is 5.54 Å². The second-order valence-electron chi connectivity index (χ2n) is 5.12. The molecule has 1 rings (SSSR count). The molecule has 2 nitrogen and oxygen atoms in total. The lowest BCUT2D eigenvalue weighted by molar-refractivity contribution is 0.340. The van der Waals surface area contributed by atoms with Gasteiger partial charge in [-0.25, -0.2) is 0 Å². The van der Waals surface area contributed by atoms with Gasteiger partial charge in [-0.1, -0.05) is 17.7 Å². The molecule has 0 saturated heterocycles. The first kappa shape index (κ1) is 14.3. The van der Waals surface area contributed by atoms with Gasteiger partial charge in [0.15, 0.2) is 0 Å². The molecule has 0 unspecified atom stereocenters. The Bertz CT molecular complexity index is 358. The number of ether oxygens (including phenoxy) is 1. The number of hydrogen-bond acceptors (Lipinski definition) is 2. The molecule has 0 amide bonds. The topological polar surface area (TPSA) is 21.3 Å². The van der Waals surface area contributed by atoms with Gasteiger partial charge in [-0.2, -0.15) is 0 Å². The summed E-state index contributed by atoms with van der Waals surface area (Å²) in [6, 6.07) is 6.00. The molecule has 0 aromatic heterocycles. The number of benzene rings is 1. The van der Waals surface area contributed by atoms with E-state index in [1.165, 1.54) is 5.56 Å². The molecule has 0 aliphatic carbocycles. The molecule has 1 aromatic carbocycles. The summed E-state index contributed by atoms with van der Waals surface area (Å²) in [5.74, 6) is 0.765. The Kier molecular flexibility index (Phi) is 5.29. The van der Waals surface area contributed by atoms with E-state index in [1.54, 1.807) is 0 Å². The van der Waals surface area contributed by atoms with Crippen molar-refractivity contribution in [1.82, 2.24) is 5.32 Å². The van der Waals surface area contributed by atoms with Crippen LogP contribution in [0, 0.1) is 0 Å². The fraction of sp³-hybridized carbons (Fsp3) is 0.571. The van der Waals surface area contributed by atoms with Gasteiger partial charge in [-0.05, 0) is 58.4 Å². The Morgan fingerprint density at radius 3 is 2.53 bits per heavy atom. The molecule has 17 heavy (non-hydrogen) atoms. The number of rotatable bonds is 5. The van der Waals surface area contributed by atoms with Crippen molar-refractivity contribution in [3.8, 4) is 5.75 Å². The van der Waals surface area contributed by atoms with Crippen LogP contribution in [0.1, 0.15) is 33.3 Å². The number of halogens is 1. The number of nitrogens with one attached hydrogen (secondary N) is 1. The standard InChI is InChI=1S/C14H22ClNO/c1-5-17-13-7-6-11(10-12(13)15)8-9-16-14(2,3)4/h6-7,10,16H,5,8-9H2,1-4H3. The second-order valence-corrected chi connectivity index (χ2v) is 5.53. The molecule has 0 fully saturated rings. The SMILES string of the molecule is CCOc1ccc(CCNC(C)(C)C)cc1Cl. The predicted molar refractivity (Wildman–Crippen MR) is 74.1 cm³/mol. The third-order valence-corrected chi connectivity index (χ3v) is 2.66. The zero-order valence-electron chi connectivity index (χ0n) is 11.1. The lowest BCUT2D eigenvalue weighted by Crippen LogP contribution is -2.37. The number of hydrogen-bond donors (Lipinski definition) is 1. The van der Waals surface area contributed by atoms with Gasteiger partial charge in [0.05, 0.1) is 11.6 Å². The van der Waals surface area contributed by atoms with Crippen LogP contribution in [0.3, 0.4) is 0 Å². The Morgan fingerprint density at radius 2 is 2.00 bits per heavy atom. The quantitative estimate of drug-likeness (QED) is 0.867. The minimum absolute atomic E-state index is 0.162. The smallest absolute Gasteiger partial charge is 0.137 e. The van der Waals surface area contributed by atoms with Crippen molar-refractivity contribution < 1.29 is 4.74 Å². The first-order valence-corrected chi connectivity index (χ1v) is 6.46. The third-order valence-electron chi connectivity index (χ3n) is 2.37. The summed E-state index contributed by atoms with van der Waals surface area (Å²) in [6.07, 6.45) is 0.976. The molecule has 0 spiro atoms. The van der Waals surface area contributed by atoms with Crippen molar-refractivity contribution in [2.24, 2.45) is 0 Å². The fourth-order valence-electron chi connectivity index (χ4n) is 1.55. The van der Waals surface area contributed by atoms with Crippen LogP contribution in [0.5, 0.6) is 5.75 Å². The molecule has 0 bridgehead atoms. The lowest BCUT2D eigenvalue weighted by atomic mass is 10.1. The Labute approximate surface area is 109 Å². The Morgan fingerprint density at radius 1 is 1.29 bits per heavy atom. The third kappa shape index (κ3) is 5.42. The summed E-state index contributed by atoms with van der Waals surface area (Å²) in [5.41, 5.74) is 1.39. The van der Waals surface area contributed by atoms with E-state index in [2.05, 4.69) is 32.2 Å². The lowest BCUT2D eigenvalue weighted by Gasteiger charge is -2.20. The zero-order valence-corrected chi connectivity index (χ0v) is 11.9. The molecule has 0 saturated carbocycles. The molecule has 0 atom stereocenters. The van der Waals surface area contributed by atoms with Gasteiger partial charge in [-0.15, -0.1) is 0 Å². The van der Waals surface area contributed by atoms with Gasteiger partial charge in [-0.3, -0.25) is 0 Å². The molecule has 0 aliphatic rings. The Hall–Kier alpha value is -0.730. The maximum atomic E-state index is 6.13. The van der Waals surface area contributed by atoms with Gasteiger partial charge >= 0.3 is 0 Å². The van der Waals surface area contributed by atoms with Gasteiger partial charge < -0.3 is 10.1 Å². The van der Waals surface area contributed by atoms with Gasteiger partial charge in [0.2, 0.25) is 0 Å². The molecule has 0 heterocycles. The molecule has 1 N–H and O–H groups in total. The van der Waals surface area contributed by atoms with E-state index in [9.17, 15) is 0 Å². The highest BCUT2D eigenvalue weighted by Crippen LogP contribution is 2.25. The van der Waals surface area contributed by atoms with E-state index in [0.717, 1.165) is 18.7 Å². The van der Waals surface area contributed by atoms with Crippen molar-refractivity contribution >= 4 is 11.6 Å². The minimum Gasteiger partial charge on any atom is -0.492 e. The van der Waals surface area contributed by atoms with Crippen molar-refractivity contribution in [3.63, 3.8) is 0 Å². The average Bonchev–Trinajstić information content (AvgIpc) is 2.20. The predicted octanol–water partition coefficient (Wildman–Crippen LogP) is 3.67. The van der Waals surface area contributed by atoms with Crippen LogP contribution in [0.25, 0.3) is 0 Å². The van der Waals surface area contributed by atoms with Crippen LogP contribution in [0.2, 0.25) is 5.02 Å². The van der Waals surface area contributed by atoms with Crippen molar-refractivity contribution in [2.75, 3.05) is 13.2 Å². The minimum atomic E-state index is 0.162. The van der Waals surface area contributed by atoms with Crippen LogP contribution in [0.4, 0.5) is 0 Å². The summed E-state index contributed by atoms with van der Waals surface area (Å²) in [6.45, 7) is 10.0. The molecular weight excluding hydrogens is 234 g/mol. The molecule has 3 heteroatoms. The second kappa shape index (κ2) is 6.27. The van der Waals surface area contributed by atoms with Crippen LogP contribution in [-0.4, -0.2) is 18.7 Å². The largest absolute Gasteiger partial charge is 0.492 e. The highest BCUT2D eigenvalue weighted by Gasteiger charge is 2.08. The maximum Gasteiger partial charge on any atom is 0.137 e. The monoisotopic (exact) mass is 255 g/mol. The first-order valence-electron chi connectivity index (χ1n) is 6.08. The molecule has 1 aromatic rings. The van der Waals surface area contributed by atoms with Crippen LogP contribution in [-0.2, 0) is 6.42 Å². The molecule has 96 valence electrons. The molecular formula is C14H22ClNO.